The van der Waals surface area contributed by atoms with Gasteiger partial charge in [0.05, 0.1) is 12.4 Å². The number of aliphatic imine (C=N–C) groups is 1. The zero-order valence-electron chi connectivity index (χ0n) is 17.5. The van der Waals surface area contributed by atoms with Gasteiger partial charge in [-0.05, 0) is 12.8 Å². The van der Waals surface area contributed by atoms with Gasteiger partial charge in [0.25, 0.3) is 0 Å². The summed E-state index contributed by atoms with van der Waals surface area (Å²) in [5.74, 6) is 1.48. The minimum Gasteiger partial charge on any atom is -0.357 e. The molecule has 0 bridgehead atoms. The fraction of sp³-hybridized carbons (Fsp3) is 0.909. The molecule has 0 radical (unpaired) electrons. The second kappa shape index (κ2) is 16.1. The van der Waals surface area contributed by atoms with Crippen molar-refractivity contribution in [2.75, 3.05) is 26.2 Å². The molecule has 4 heteroatoms. The zero-order chi connectivity index (χ0) is 18.9. The molecule has 1 N–H and O–H groups in total. The highest BCUT2D eigenvalue weighted by atomic mass is 16.1. The molecule has 0 saturated heterocycles. The fourth-order valence-corrected chi connectivity index (χ4v) is 3.55. The van der Waals surface area contributed by atoms with Crippen molar-refractivity contribution < 1.29 is 4.79 Å². The molecule has 1 rings (SSSR count). The Morgan fingerprint density at radius 3 is 2.23 bits per heavy atom. The summed E-state index contributed by atoms with van der Waals surface area (Å²) in [6, 6.07) is 0. The van der Waals surface area contributed by atoms with Crippen molar-refractivity contribution in [2.24, 2.45) is 4.99 Å². The van der Waals surface area contributed by atoms with E-state index in [9.17, 15) is 4.79 Å². The van der Waals surface area contributed by atoms with Gasteiger partial charge in [-0.1, -0.05) is 78.1 Å². The number of amidine groups is 1. The van der Waals surface area contributed by atoms with E-state index in [1.165, 1.54) is 76.5 Å². The Kier molecular flexibility index (Phi) is 14.3. The second-order valence-electron chi connectivity index (χ2n) is 7.67. The molecule has 0 fully saturated rings. The third-order valence-electron chi connectivity index (χ3n) is 5.24. The number of hydrogen-bond acceptors (Lipinski definition) is 3. The highest BCUT2D eigenvalue weighted by Crippen LogP contribution is 2.11. The number of hydrogen-bond donors (Lipinski definition) is 1. The second-order valence-corrected chi connectivity index (χ2v) is 7.67. The van der Waals surface area contributed by atoms with Gasteiger partial charge in [0, 0.05) is 32.5 Å². The molecule has 1 aliphatic heterocycles. The molecule has 0 atom stereocenters. The quantitative estimate of drug-likeness (QED) is 0.355. The van der Waals surface area contributed by atoms with Gasteiger partial charge in [-0.25, -0.2) is 0 Å². The van der Waals surface area contributed by atoms with Gasteiger partial charge in [0.15, 0.2) is 0 Å². The molecule has 1 aliphatic rings. The summed E-state index contributed by atoms with van der Waals surface area (Å²) >= 11 is 0. The van der Waals surface area contributed by atoms with Crippen LogP contribution in [0.1, 0.15) is 104 Å². The Morgan fingerprint density at radius 2 is 1.54 bits per heavy atom. The standard InChI is InChI=1S/C22H43N3O/c1-3-5-7-8-9-10-11-12-14-16-22(26)24-18-20-25-19-17-23-21(25)15-13-6-4-2/h3-20H2,1-2H3,(H,24,26). The van der Waals surface area contributed by atoms with E-state index >= 15 is 0 Å². The van der Waals surface area contributed by atoms with Crippen LogP contribution in [-0.4, -0.2) is 42.8 Å². The van der Waals surface area contributed by atoms with Crippen molar-refractivity contribution in [3.8, 4) is 0 Å². The summed E-state index contributed by atoms with van der Waals surface area (Å²) in [7, 11) is 0. The smallest absolute Gasteiger partial charge is 0.220 e. The molecule has 0 aliphatic carbocycles. The highest BCUT2D eigenvalue weighted by Gasteiger charge is 2.15. The van der Waals surface area contributed by atoms with Crippen molar-refractivity contribution in [1.82, 2.24) is 10.2 Å². The van der Waals surface area contributed by atoms with Gasteiger partial charge in [0.1, 0.15) is 0 Å². The maximum atomic E-state index is 12.0. The molecule has 4 nitrogen and oxygen atoms in total. The first kappa shape index (κ1) is 23.0. The Hall–Kier alpha value is -1.06. The van der Waals surface area contributed by atoms with Crippen LogP contribution in [0.25, 0.3) is 0 Å². The van der Waals surface area contributed by atoms with Crippen molar-refractivity contribution in [1.29, 1.82) is 0 Å². The lowest BCUT2D eigenvalue weighted by molar-refractivity contribution is -0.121. The molecule has 26 heavy (non-hydrogen) atoms. The lowest BCUT2D eigenvalue weighted by Gasteiger charge is -2.20. The van der Waals surface area contributed by atoms with Crippen LogP contribution in [-0.2, 0) is 4.79 Å². The maximum Gasteiger partial charge on any atom is 0.220 e. The van der Waals surface area contributed by atoms with E-state index in [0.717, 1.165) is 39.0 Å². The lowest BCUT2D eigenvalue weighted by Crippen LogP contribution is -2.36. The number of unbranched alkanes of at least 4 members (excludes halogenated alkanes) is 10. The highest BCUT2D eigenvalue weighted by molar-refractivity contribution is 5.83. The fourth-order valence-electron chi connectivity index (χ4n) is 3.55. The monoisotopic (exact) mass is 365 g/mol. The SMILES string of the molecule is CCCCCCCCCCCC(=O)NCCN1CCN=C1CCCCC. The molecule has 0 aromatic rings. The predicted octanol–water partition coefficient (Wildman–Crippen LogP) is 5.32. The van der Waals surface area contributed by atoms with Crippen LogP contribution in [0, 0.1) is 0 Å². The van der Waals surface area contributed by atoms with E-state index in [-0.39, 0.29) is 5.91 Å². The first-order valence-corrected chi connectivity index (χ1v) is 11.3. The molecular weight excluding hydrogens is 322 g/mol. The van der Waals surface area contributed by atoms with Crippen molar-refractivity contribution in [3.05, 3.63) is 0 Å². The molecular formula is C22H43N3O. The van der Waals surface area contributed by atoms with Crippen LogP contribution in [0.5, 0.6) is 0 Å². The van der Waals surface area contributed by atoms with Gasteiger partial charge in [0.2, 0.25) is 5.91 Å². The molecule has 0 aromatic carbocycles. The third kappa shape index (κ3) is 11.5. The summed E-state index contributed by atoms with van der Waals surface area (Å²) in [6.45, 7) is 8.11. The van der Waals surface area contributed by atoms with Gasteiger partial charge in [-0.3, -0.25) is 9.79 Å². The summed E-state index contributed by atoms with van der Waals surface area (Å²) in [5.41, 5.74) is 0. The first-order valence-electron chi connectivity index (χ1n) is 11.3. The molecule has 1 amide bonds. The normalized spacial score (nSPS) is 13.9. The number of nitrogens with one attached hydrogen (secondary N) is 1. The first-order chi connectivity index (χ1) is 12.8. The van der Waals surface area contributed by atoms with Crippen LogP contribution in [0.4, 0.5) is 0 Å². The van der Waals surface area contributed by atoms with Crippen molar-refractivity contribution >= 4 is 11.7 Å². The number of nitrogens with zero attached hydrogens (tertiary/aromatic N) is 2. The number of carbonyl (C=O) groups excluding carboxylic acids is 1. The summed E-state index contributed by atoms with van der Waals surface area (Å²) in [4.78, 5) is 18.9. The minimum absolute atomic E-state index is 0.219. The molecule has 0 saturated carbocycles. The van der Waals surface area contributed by atoms with Crippen LogP contribution in [0.2, 0.25) is 0 Å². The van der Waals surface area contributed by atoms with Crippen LogP contribution in [0.3, 0.4) is 0 Å². The van der Waals surface area contributed by atoms with Crippen LogP contribution < -0.4 is 5.32 Å². The summed E-state index contributed by atoms with van der Waals surface area (Å²) < 4.78 is 0. The Bertz CT molecular complexity index is 382. The summed E-state index contributed by atoms with van der Waals surface area (Å²) in [6.07, 6.45) is 17.2. The number of amides is 1. The largest absolute Gasteiger partial charge is 0.357 e. The van der Waals surface area contributed by atoms with Crippen LogP contribution in [0.15, 0.2) is 4.99 Å². The van der Waals surface area contributed by atoms with Crippen molar-refractivity contribution in [3.63, 3.8) is 0 Å². The zero-order valence-corrected chi connectivity index (χ0v) is 17.5. The van der Waals surface area contributed by atoms with Gasteiger partial charge < -0.3 is 10.2 Å². The molecule has 152 valence electrons. The Morgan fingerprint density at radius 1 is 0.923 bits per heavy atom. The predicted molar refractivity (Wildman–Crippen MR) is 113 cm³/mol. The lowest BCUT2D eigenvalue weighted by atomic mass is 10.1. The number of rotatable bonds is 17. The van der Waals surface area contributed by atoms with Gasteiger partial charge in [-0.2, -0.15) is 0 Å². The van der Waals surface area contributed by atoms with E-state index in [0.29, 0.717) is 6.42 Å². The van der Waals surface area contributed by atoms with Crippen molar-refractivity contribution in [2.45, 2.75) is 104 Å². The Labute approximate surface area is 162 Å². The molecule has 0 spiro atoms. The minimum atomic E-state index is 0.219. The average molecular weight is 366 g/mol. The average Bonchev–Trinajstić information content (AvgIpc) is 3.08. The van der Waals surface area contributed by atoms with Crippen LogP contribution >= 0.6 is 0 Å². The number of carbonyl (C=O) groups is 1. The van der Waals surface area contributed by atoms with Gasteiger partial charge in [-0.15, -0.1) is 0 Å². The molecule has 0 aromatic heterocycles. The summed E-state index contributed by atoms with van der Waals surface area (Å²) in [5, 5.41) is 3.09. The van der Waals surface area contributed by atoms with E-state index < -0.39 is 0 Å². The van der Waals surface area contributed by atoms with E-state index in [4.69, 9.17) is 0 Å². The molecule has 1 heterocycles. The van der Waals surface area contributed by atoms with Gasteiger partial charge >= 0.3 is 0 Å². The van der Waals surface area contributed by atoms with E-state index in [1.54, 1.807) is 0 Å². The van der Waals surface area contributed by atoms with E-state index in [1.807, 2.05) is 0 Å². The maximum absolute atomic E-state index is 12.0. The Balaban J connectivity index is 1.94. The molecule has 0 unspecified atom stereocenters. The third-order valence-corrected chi connectivity index (χ3v) is 5.24. The topological polar surface area (TPSA) is 44.7 Å². The van der Waals surface area contributed by atoms with E-state index in [2.05, 4.69) is 29.1 Å².